The highest BCUT2D eigenvalue weighted by atomic mass is 79.9. The number of ether oxygens (including phenoxy) is 1. The summed E-state index contributed by atoms with van der Waals surface area (Å²) in [6, 6.07) is 1.71. The van der Waals surface area contributed by atoms with Crippen molar-refractivity contribution in [1.82, 2.24) is 4.98 Å². The Morgan fingerprint density at radius 1 is 1.50 bits per heavy atom. The Hall–Kier alpha value is -1.10. The number of anilines is 1. The number of rotatable bonds is 4. The summed E-state index contributed by atoms with van der Waals surface area (Å²) in [6.07, 6.45) is 1.66. The number of halogens is 1. The molecule has 18 heavy (non-hydrogen) atoms. The summed E-state index contributed by atoms with van der Waals surface area (Å²) in [7, 11) is 1.36. The Kier molecular flexibility index (Phi) is 4.73. The molecule has 1 aromatic heterocycles. The van der Waals surface area contributed by atoms with E-state index in [2.05, 4.69) is 53.9 Å². The van der Waals surface area contributed by atoms with E-state index in [0.717, 1.165) is 4.47 Å². The molecule has 0 atom stereocenters. The summed E-state index contributed by atoms with van der Waals surface area (Å²) < 4.78 is 5.51. The van der Waals surface area contributed by atoms with E-state index in [-0.39, 0.29) is 5.54 Å². The standard InChI is InChI=1S/C13H19BrN2O2/c1-8(2)13(3,4)16-11-10(12(17)18-5)6-9(14)7-15-11/h6-8H,1-5H3,(H,15,16). The van der Waals surface area contributed by atoms with Gasteiger partial charge in [0, 0.05) is 16.2 Å². The molecule has 0 aliphatic rings. The van der Waals surface area contributed by atoms with Crippen LogP contribution in [0.1, 0.15) is 38.1 Å². The third-order valence-electron chi connectivity index (χ3n) is 3.14. The van der Waals surface area contributed by atoms with Gasteiger partial charge >= 0.3 is 5.97 Å². The van der Waals surface area contributed by atoms with Crippen LogP contribution in [0.15, 0.2) is 16.7 Å². The summed E-state index contributed by atoms with van der Waals surface area (Å²) in [5.74, 6) is 0.544. The van der Waals surface area contributed by atoms with Crippen molar-refractivity contribution in [2.75, 3.05) is 12.4 Å². The maximum Gasteiger partial charge on any atom is 0.341 e. The number of hydrogen-bond donors (Lipinski definition) is 1. The van der Waals surface area contributed by atoms with Gasteiger partial charge in [-0.05, 0) is 41.8 Å². The summed E-state index contributed by atoms with van der Waals surface area (Å²) in [4.78, 5) is 16.0. The fourth-order valence-corrected chi connectivity index (χ4v) is 1.59. The molecule has 0 saturated heterocycles. The van der Waals surface area contributed by atoms with E-state index in [1.54, 1.807) is 12.3 Å². The van der Waals surface area contributed by atoms with Crippen molar-refractivity contribution in [3.05, 3.63) is 22.3 Å². The molecule has 0 aliphatic carbocycles. The van der Waals surface area contributed by atoms with Gasteiger partial charge in [-0.3, -0.25) is 0 Å². The molecular formula is C13H19BrN2O2. The second kappa shape index (κ2) is 5.69. The predicted octanol–water partition coefficient (Wildman–Crippen LogP) is 3.48. The van der Waals surface area contributed by atoms with E-state index < -0.39 is 5.97 Å². The molecule has 0 fully saturated rings. The number of esters is 1. The average molecular weight is 315 g/mol. The van der Waals surface area contributed by atoms with Crippen LogP contribution in [0, 0.1) is 5.92 Å². The van der Waals surface area contributed by atoms with Crippen molar-refractivity contribution >= 4 is 27.7 Å². The number of carbonyl (C=O) groups excluding carboxylic acids is 1. The number of carbonyl (C=O) groups is 1. The third kappa shape index (κ3) is 3.45. The molecule has 100 valence electrons. The lowest BCUT2D eigenvalue weighted by molar-refractivity contribution is 0.0601. The van der Waals surface area contributed by atoms with E-state index in [1.165, 1.54) is 7.11 Å². The number of nitrogens with one attached hydrogen (secondary N) is 1. The van der Waals surface area contributed by atoms with Crippen LogP contribution in [0.25, 0.3) is 0 Å². The molecular weight excluding hydrogens is 296 g/mol. The monoisotopic (exact) mass is 314 g/mol. The minimum atomic E-state index is -0.397. The first-order valence-electron chi connectivity index (χ1n) is 5.80. The number of nitrogens with zero attached hydrogens (tertiary/aromatic N) is 1. The number of pyridine rings is 1. The zero-order valence-corrected chi connectivity index (χ0v) is 13.0. The average Bonchev–Trinajstić information content (AvgIpc) is 2.30. The van der Waals surface area contributed by atoms with Crippen LogP contribution in [0.5, 0.6) is 0 Å². The zero-order valence-electron chi connectivity index (χ0n) is 11.4. The molecule has 0 aliphatic heterocycles. The fraction of sp³-hybridized carbons (Fsp3) is 0.538. The maximum atomic E-state index is 11.7. The van der Waals surface area contributed by atoms with Crippen molar-refractivity contribution in [3.8, 4) is 0 Å². The smallest absolute Gasteiger partial charge is 0.341 e. The molecule has 0 radical (unpaired) electrons. The summed E-state index contributed by atoms with van der Waals surface area (Å²) in [5, 5.41) is 3.30. The molecule has 0 aromatic carbocycles. The molecule has 1 heterocycles. The Morgan fingerprint density at radius 3 is 2.61 bits per heavy atom. The molecule has 1 aromatic rings. The maximum absolute atomic E-state index is 11.7. The van der Waals surface area contributed by atoms with Crippen molar-refractivity contribution < 1.29 is 9.53 Å². The van der Waals surface area contributed by atoms with Crippen molar-refractivity contribution in [2.24, 2.45) is 5.92 Å². The molecule has 5 heteroatoms. The second-order valence-electron chi connectivity index (χ2n) is 5.04. The van der Waals surface area contributed by atoms with E-state index >= 15 is 0 Å². The molecule has 0 saturated carbocycles. The van der Waals surface area contributed by atoms with Crippen LogP contribution in [-0.4, -0.2) is 23.6 Å². The van der Waals surface area contributed by atoms with Gasteiger partial charge < -0.3 is 10.1 Å². The molecule has 0 amide bonds. The Bertz CT molecular complexity index is 445. The van der Waals surface area contributed by atoms with Gasteiger partial charge in [-0.2, -0.15) is 0 Å². The Morgan fingerprint density at radius 2 is 2.11 bits per heavy atom. The normalized spacial score (nSPS) is 11.5. The highest BCUT2D eigenvalue weighted by Crippen LogP contribution is 2.25. The zero-order chi connectivity index (χ0) is 13.9. The lowest BCUT2D eigenvalue weighted by atomic mass is 9.90. The molecule has 0 spiro atoms. The van der Waals surface area contributed by atoms with Gasteiger partial charge in [0.15, 0.2) is 0 Å². The third-order valence-corrected chi connectivity index (χ3v) is 3.58. The SMILES string of the molecule is COC(=O)c1cc(Br)cnc1NC(C)(C)C(C)C. The first kappa shape index (κ1) is 15.0. The van der Waals surface area contributed by atoms with Crippen LogP contribution < -0.4 is 5.32 Å². The van der Waals surface area contributed by atoms with Gasteiger partial charge in [0.05, 0.1) is 7.11 Å². The molecule has 4 nitrogen and oxygen atoms in total. The minimum Gasteiger partial charge on any atom is -0.465 e. The van der Waals surface area contributed by atoms with Crippen molar-refractivity contribution in [2.45, 2.75) is 33.2 Å². The Labute approximate surface area is 116 Å². The van der Waals surface area contributed by atoms with Crippen LogP contribution in [0.3, 0.4) is 0 Å². The number of hydrogen-bond acceptors (Lipinski definition) is 4. The molecule has 0 bridgehead atoms. The first-order valence-corrected chi connectivity index (χ1v) is 6.59. The predicted molar refractivity (Wildman–Crippen MR) is 75.8 cm³/mol. The van der Waals surface area contributed by atoms with Crippen LogP contribution in [0.4, 0.5) is 5.82 Å². The largest absolute Gasteiger partial charge is 0.465 e. The lowest BCUT2D eigenvalue weighted by Crippen LogP contribution is -2.37. The van der Waals surface area contributed by atoms with Gasteiger partial charge in [0.1, 0.15) is 11.4 Å². The van der Waals surface area contributed by atoms with E-state index in [1.807, 2.05) is 0 Å². The highest BCUT2D eigenvalue weighted by molar-refractivity contribution is 9.10. The second-order valence-corrected chi connectivity index (χ2v) is 5.96. The fourth-order valence-electron chi connectivity index (χ4n) is 1.25. The number of methoxy groups -OCH3 is 1. The van der Waals surface area contributed by atoms with Crippen LogP contribution >= 0.6 is 15.9 Å². The van der Waals surface area contributed by atoms with Gasteiger partial charge in [-0.25, -0.2) is 9.78 Å². The summed E-state index contributed by atoms with van der Waals surface area (Å²) in [5.41, 5.74) is 0.268. The van der Waals surface area contributed by atoms with Crippen LogP contribution in [-0.2, 0) is 4.74 Å². The topological polar surface area (TPSA) is 51.2 Å². The number of aromatic nitrogens is 1. The van der Waals surface area contributed by atoms with E-state index in [0.29, 0.717) is 17.3 Å². The first-order chi connectivity index (χ1) is 8.27. The quantitative estimate of drug-likeness (QED) is 0.864. The van der Waals surface area contributed by atoms with E-state index in [4.69, 9.17) is 4.74 Å². The summed E-state index contributed by atoms with van der Waals surface area (Å²) in [6.45, 7) is 8.37. The van der Waals surface area contributed by atoms with Gasteiger partial charge in [-0.15, -0.1) is 0 Å². The highest BCUT2D eigenvalue weighted by Gasteiger charge is 2.25. The van der Waals surface area contributed by atoms with Gasteiger partial charge in [0.2, 0.25) is 0 Å². The van der Waals surface area contributed by atoms with Crippen molar-refractivity contribution in [1.29, 1.82) is 0 Å². The lowest BCUT2D eigenvalue weighted by Gasteiger charge is -2.31. The van der Waals surface area contributed by atoms with E-state index in [9.17, 15) is 4.79 Å². The Balaban J connectivity index is 3.13. The van der Waals surface area contributed by atoms with Gasteiger partial charge in [0.25, 0.3) is 0 Å². The minimum absolute atomic E-state index is 0.163. The van der Waals surface area contributed by atoms with Gasteiger partial charge in [-0.1, -0.05) is 13.8 Å². The molecule has 0 unspecified atom stereocenters. The molecule has 1 N–H and O–H groups in total. The summed E-state index contributed by atoms with van der Waals surface area (Å²) >= 11 is 3.30. The van der Waals surface area contributed by atoms with Crippen molar-refractivity contribution in [3.63, 3.8) is 0 Å². The van der Waals surface area contributed by atoms with Crippen LogP contribution in [0.2, 0.25) is 0 Å². The molecule has 1 rings (SSSR count).